The van der Waals surface area contributed by atoms with Gasteiger partial charge in [0.05, 0.1) is 40.6 Å². The smallest absolute Gasteiger partial charge is 0.338 e. The van der Waals surface area contributed by atoms with Crippen LogP contribution in [0.25, 0.3) is 0 Å². The SMILES string of the molecule is CCC(C)C(=O)OCC12C(OC(C)=O)C(OC(C)=O)CC(C)(O)C13OC(C)(C)C([C@@H](OC(=O)C(C)C)C2OC(=O)c1ccccc1)[C@@H]3O. The van der Waals surface area contributed by atoms with Crippen molar-refractivity contribution >= 4 is 29.8 Å². The number of aliphatic hydroxyl groups excluding tert-OH is 1. The van der Waals surface area contributed by atoms with Crippen LogP contribution in [0.3, 0.4) is 0 Å². The zero-order valence-electron chi connectivity index (χ0n) is 29.0. The summed E-state index contributed by atoms with van der Waals surface area (Å²) in [4.78, 5) is 66.1. The highest BCUT2D eigenvalue weighted by Crippen LogP contribution is 2.69. The summed E-state index contributed by atoms with van der Waals surface area (Å²) in [6.45, 7) is 12.7. The number of hydrogen-bond acceptors (Lipinski definition) is 13. The van der Waals surface area contributed by atoms with Crippen LogP contribution < -0.4 is 0 Å². The van der Waals surface area contributed by atoms with Gasteiger partial charge in [0.1, 0.15) is 29.8 Å². The number of carbonyl (C=O) groups is 5. The Morgan fingerprint density at radius 2 is 1.50 bits per heavy atom. The number of rotatable bonds is 10. The highest BCUT2D eigenvalue weighted by atomic mass is 16.6. The molecule has 3 aliphatic rings. The number of ether oxygens (including phenoxy) is 6. The molecular formula is C35H48O13. The first-order chi connectivity index (χ1) is 22.3. The molecule has 3 fully saturated rings. The van der Waals surface area contributed by atoms with Crippen LogP contribution in [-0.4, -0.2) is 94.0 Å². The largest absolute Gasteiger partial charge is 0.464 e. The molecule has 1 aromatic rings. The van der Waals surface area contributed by atoms with E-state index >= 15 is 0 Å². The minimum absolute atomic E-state index is 0.106. The van der Waals surface area contributed by atoms with E-state index in [2.05, 4.69) is 0 Å². The third-order valence-corrected chi connectivity index (χ3v) is 10.1. The Kier molecular flexibility index (Phi) is 10.4. The fraction of sp³-hybridized carbons (Fsp3) is 0.686. The van der Waals surface area contributed by atoms with E-state index in [0.717, 1.165) is 13.8 Å². The molecule has 1 spiro atoms. The van der Waals surface area contributed by atoms with Crippen LogP contribution in [0.1, 0.15) is 85.5 Å². The molecule has 1 saturated heterocycles. The summed E-state index contributed by atoms with van der Waals surface area (Å²) >= 11 is 0. The maximum atomic E-state index is 14.0. The normalized spacial score (nSPS) is 35.5. The second-order valence-electron chi connectivity index (χ2n) is 14.3. The van der Waals surface area contributed by atoms with Crippen molar-refractivity contribution in [2.24, 2.45) is 23.2 Å². The van der Waals surface area contributed by atoms with E-state index < -0.39 is 113 Å². The molecule has 48 heavy (non-hydrogen) atoms. The van der Waals surface area contributed by atoms with Crippen LogP contribution in [0.15, 0.2) is 30.3 Å². The summed E-state index contributed by atoms with van der Waals surface area (Å²) in [6.07, 6.45) is -7.98. The molecule has 0 radical (unpaired) electrons. The quantitative estimate of drug-likeness (QED) is 0.273. The lowest BCUT2D eigenvalue weighted by molar-refractivity contribution is -0.363. The molecule has 13 nitrogen and oxygen atoms in total. The number of fused-ring (bicyclic) bond motifs is 1. The van der Waals surface area contributed by atoms with E-state index in [-0.39, 0.29) is 5.56 Å². The zero-order valence-corrected chi connectivity index (χ0v) is 29.0. The molecule has 13 heteroatoms. The molecule has 2 N–H and O–H groups in total. The molecule has 10 atom stereocenters. The lowest BCUT2D eigenvalue weighted by Crippen LogP contribution is -2.85. The van der Waals surface area contributed by atoms with Gasteiger partial charge in [0.15, 0.2) is 12.2 Å². The Hall–Kier alpha value is -3.55. The van der Waals surface area contributed by atoms with E-state index in [0.29, 0.717) is 6.42 Å². The zero-order chi connectivity index (χ0) is 36.0. The molecule has 1 heterocycles. The van der Waals surface area contributed by atoms with Crippen LogP contribution in [0.4, 0.5) is 0 Å². The molecule has 2 aliphatic carbocycles. The Morgan fingerprint density at radius 1 is 0.896 bits per heavy atom. The van der Waals surface area contributed by atoms with Crippen molar-refractivity contribution < 1.29 is 62.6 Å². The summed E-state index contributed by atoms with van der Waals surface area (Å²) < 4.78 is 36.7. The van der Waals surface area contributed by atoms with Crippen molar-refractivity contribution in [2.75, 3.05) is 6.61 Å². The van der Waals surface area contributed by atoms with E-state index in [9.17, 15) is 34.2 Å². The second kappa shape index (κ2) is 13.4. The van der Waals surface area contributed by atoms with Crippen LogP contribution in [0.2, 0.25) is 0 Å². The highest BCUT2D eigenvalue weighted by Gasteiger charge is 2.88. The molecule has 4 rings (SSSR count). The average Bonchev–Trinajstić information content (AvgIpc) is 3.18. The summed E-state index contributed by atoms with van der Waals surface area (Å²) in [5, 5.41) is 24.9. The molecule has 1 aliphatic heterocycles. The number of aliphatic hydroxyl groups is 2. The van der Waals surface area contributed by atoms with Gasteiger partial charge in [0.2, 0.25) is 0 Å². The van der Waals surface area contributed by atoms with Gasteiger partial charge in [-0.15, -0.1) is 0 Å². The monoisotopic (exact) mass is 676 g/mol. The first-order valence-electron chi connectivity index (χ1n) is 16.4. The van der Waals surface area contributed by atoms with Crippen molar-refractivity contribution in [3.05, 3.63) is 35.9 Å². The summed E-state index contributed by atoms with van der Waals surface area (Å²) in [5.41, 5.74) is -7.86. The molecule has 2 bridgehead atoms. The average molecular weight is 677 g/mol. The Bertz CT molecular complexity index is 1400. The van der Waals surface area contributed by atoms with Gasteiger partial charge in [-0.1, -0.05) is 45.9 Å². The third kappa shape index (κ3) is 6.09. The number of hydrogen-bond donors (Lipinski definition) is 2. The maximum absolute atomic E-state index is 14.0. The van der Waals surface area contributed by atoms with E-state index in [1.807, 2.05) is 0 Å². The first-order valence-corrected chi connectivity index (χ1v) is 16.4. The highest BCUT2D eigenvalue weighted by molar-refractivity contribution is 5.89. The number of esters is 5. The lowest BCUT2D eigenvalue weighted by atomic mass is 9.45. The van der Waals surface area contributed by atoms with Gasteiger partial charge < -0.3 is 38.6 Å². The van der Waals surface area contributed by atoms with Crippen molar-refractivity contribution in [3.63, 3.8) is 0 Å². The topological polar surface area (TPSA) is 181 Å². The van der Waals surface area contributed by atoms with Crippen LogP contribution in [-0.2, 0) is 47.6 Å². The van der Waals surface area contributed by atoms with Crippen molar-refractivity contribution in [1.82, 2.24) is 0 Å². The van der Waals surface area contributed by atoms with Gasteiger partial charge in [-0.3, -0.25) is 19.2 Å². The van der Waals surface area contributed by atoms with Crippen LogP contribution in [0.5, 0.6) is 0 Å². The third-order valence-electron chi connectivity index (χ3n) is 10.1. The molecule has 0 aromatic heterocycles. The second-order valence-corrected chi connectivity index (χ2v) is 14.3. The van der Waals surface area contributed by atoms with E-state index in [1.54, 1.807) is 59.7 Å². The summed E-state index contributed by atoms with van der Waals surface area (Å²) in [6, 6.07) is 7.92. The van der Waals surface area contributed by atoms with E-state index in [1.165, 1.54) is 19.1 Å². The number of benzene rings is 1. The Labute approximate surface area is 280 Å². The summed E-state index contributed by atoms with van der Waals surface area (Å²) in [7, 11) is 0. The minimum atomic E-state index is -2.24. The van der Waals surface area contributed by atoms with Crippen LogP contribution in [0, 0.1) is 23.2 Å². The van der Waals surface area contributed by atoms with Gasteiger partial charge in [-0.05, 0) is 39.3 Å². The van der Waals surface area contributed by atoms with E-state index in [4.69, 9.17) is 28.4 Å². The standard InChI is InChI=1S/C35H48O13/c1-10-19(4)30(40)43-17-34-27(45-21(6)37)23(44-20(5)36)16-33(9,42)35(34)26(38)24(32(7,8)48-35)25(46-29(39)18(2)3)28(34)47-31(41)22-14-12-11-13-15-22/h11-15,18-19,23-28,38,42H,10,16-17H2,1-9H3/t19?,23?,24?,25-,26+,27?,28?,33?,34?,35?/m1/s1. The molecule has 266 valence electrons. The van der Waals surface area contributed by atoms with Crippen molar-refractivity contribution in [2.45, 2.75) is 122 Å². The van der Waals surface area contributed by atoms with Crippen molar-refractivity contribution in [3.8, 4) is 0 Å². The molecule has 8 unspecified atom stereocenters. The molecular weight excluding hydrogens is 628 g/mol. The fourth-order valence-corrected chi connectivity index (χ4v) is 7.88. The Balaban J connectivity index is 2.13. The summed E-state index contributed by atoms with van der Waals surface area (Å²) in [5.74, 6) is -6.34. The van der Waals surface area contributed by atoms with Gasteiger partial charge >= 0.3 is 29.8 Å². The fourth-order valence-electron chi connectivity index (χ4n) is 7.88. The molecule has 0 amide bonds. The maximum Gasteiger partial charge on any atom is 0.338 e. The predicted molar refractivity (Wildman–Crippen MR) is 167 cm³/mol. The Morgan fingerprint density at radius 3 is 2.04 bits per heavy atom. The molecule has 2 saturated carbocycles. The number of carbonyl (C=O) groups excluding carboxylic acids is 5. The predicted octanol–water partition coefficient (Wildman–Crippen LogP) is 2.91. The van der Waals surface area contributed by atoms with Gasteiger partial charge in [0.25, 0.3) is 0 Å². The van der Waals surface area contributed by atoms with Crippen molar-refractivity contribution in [1.29, 1.82) is 0 Å². The minimum Gasteiger partial charge on any atom is -0.464 e. The molecule has 1 aromatic carbocycles. The lowest BCUT2D eigenvalue weighted by Gasteiger charge is -2.66. The van der Waals surface area contributed by atoms with Gasteiger partial charge in [-0.25, -0.2) is 4.79 Å². The van der Waals surface area contributed by atoms with Gasteiger partial charge in [0, 0.05) is 20.3 Å². The first kappa shape index (κ1) is 37.3. The van der Waals surface area contributed by atoms with Crippen LogP contribution >= 0.6 is 0 Å². The van der Waals surface area contributed by atoms with Gasteiger partial charge in [-0.2, -0.15) is 0 Å².